The summed E-state index contributed by atoms with van der Waals surface area (Å²) in [6.45, 7) is 10.3. The molecule has 0 aliphatic carbocycles. The quantitative estimate of drug-likeness (QED) is 0.871. The molecule has 2 atom stereocenters. The SMILES string of the molecule is CC(NCc1ccc(NC(=O)OC(C)(C)C)cc1)C1CCOC1. The minimum atomic E-state index is -0.492. The van der Waals surface area contributed by atoms with Crippen LogP contribution in [-0.4, -0.2) is 30.9 Å². The first-order valence-corrected chi connectivity index (χ1v) is 8.23. The van der Waals surface area contributed by atoms with Crippen molar-refractivity contribution >= 4 is 11.8 Å². The number of benzene rings is 1. The van der Waals surface area contributed by atoms with E-state index in [9.17, 15) is 4.79 Å². The molecule has 1 aromatic carbocycles. The lowest BCUT2D eigenvalue weighted by atomic mass is 10.0. The van der Waals surface area contributed by atoms with E-state index in [0.717, 1.165) is 31.9 Å². The smallest absolute Gasteiger partial charge is 0.412 e. The van der Waals surface area contributed by atoms with Crippen LogP contribution in [-0.2, 0) is 16.0 Å². The topological polar surface area (TPSA) is 59.6 Å². The summed E-state index contributed by atoms with van der Waals surface area (Å²) in [7, 11) is 0. The van der Waals surface area contributed by atoms with E-state index in [1.807, 2.05) is 45.0 Å². The molecule has 2 rings (SSSR count). The van der Waals surface area contributed by atoms with Crippen molar-refractivity contribution in [2.24, 2.45) is 5.92 Å². The first kappa shape index (κ1) is 17.8. The number of anilines is 1. The van der Waals surface area contributed by atoms with Gasteiger partial charge in [0.25, 0.3) is 0 Å². The Kier molecular flexibility index (Phi) is 6.02. The Hall–Kier alpha value is -1.59. The molecule has 1 aliphatic heterocycles. The number of amides is 1. The average Bonchev–Trinajstić information content (AvgIpc) is 2.98. The number of carbonyl (C=O) groups excluding carboxylic acids is 1. The Bertz CT molecular complexity index is 502. The fourth-order valence-corrected chi connectivity index (χ4v) is 2.52. The number of hydrogen-bond donors (Lipinski definition) is 2. The molecule has 5 heteroatoms. The predicted molar refractivity (Wildman–Crippen MR) is 91.5 cm³/mol. The van der Waals surface area contributed by atoms with Gasteiger partial charge in [0.2, 0.25) is 0 Å². The zero-order valence-corrected chi connectivity index (χ0v) is 14.5. The van der Waals surface area contributed by atoms with Gasteiger partial charge in [-0.05, 0) is 57.7 Å². The van der Waals surface area contributed by atoms with Crippen molar-refractivity contribution in [3.8, 4) is 0 Å². The third-order valence-corrected chi connectivity index (χ3v) is 3.90. The highest BCUT2D eigenvalue weighted by molar-refractivity contribution is 5.84. The number of ether oxygens (including phenoxy) is 2. The maximum Gasteiger partial charge on any atom is 0.412 e. The maximum atomic E-state index is 11.7. The molecule has 128 valence electrons. The van der Waals surface area contributed by atoms with Crippen LogP contribution in [0.3, 0.4) is 0 Å². The van der Waals surface area contributed by atoms with Crippen LogP contribution < -0.4 is 10.6 Å². The van der Waals surface area contributed by atoms with E-state index >= 15 is 0 Å². The first-order chi connectivity index (χ1) is 10.8. The first-order valence-electron chi connectivity index (χ1n) is 8.23. The van der Waals surface area contributed by atoms with Crippen molar-refractivity contribution < 1.29 is 14.3 Å². The largest absolute Gasteiger partial charge is 0.444 e. The van der Waals surface area contributed by atoms with Crippen LogP contribution in [0.15, 0.2) is 24.3 Å². The normalized spacial score (nSPS) is 19.4. The molecule has 5 nitrogen and oxygen atoms in total. The Morgan fingerprint density at radius 1 is 1.35 bits per heavy atom. The van der Waals surface area contributed by atoms with Crippen molar-refractivity contribution in [2.45, 2.75) is 52.3 Å². The van der Waals surface area contributed by atoms with Gasteiger partial charge in [-0.15, -0.1) is 0 Å². The second kappa shape index (κ2) is 7.79. The average molecular weight is 320 g/mol. The highest BCUT2D eigenvalue weighted by Gasteiger charge is 2.21. The standard InChI is InChI=1S/C18H28N2O3/c1-13(15-9-10-22-12-15)19-11-14-5-7-16(8-6-14)20-17(21)23-18(2,3)4/h5-8,13,15,19H,9-12H2,1-4H3,(H,20,21). The van der Waals surface area contributed by atoms with Gasteiger partial charge < -0.3 is 14.8 Å². The van der Waals surface area contributed by atoms with Crippen LogP contribution in [0.4, 0.5) is 10.5 Å². The summed E-state index contributed by atoms with van der Waals surface area (Å²) in [5.41, 5.74) is 1.43. The molecule has 1 aliphatic rings. The van der Waals surface area contributed by atoms with Gasteiger partial charge in [-0.3, -0.25) is 5.32 Å². The number of hydrogen-bond acceptors (Lipinski definition) is 4. The third kappa shape index (κ3) is 6.20. The van der Waals surface area contributed by atoms with Gasteiger partial charge in [-0.25, -0.2) is 4.79 Å². The Balaban J connectivity index is 1.78. The fourth-order valence-electron chi connectivity index (χ4n) is 2.52. The van der Waals surface area contributed by atoms with E-state index in [-0.39, 0.29) is 0 Å². The fraction of sp³-hybridized carbons (Fsp3) is 0.611. The summed E-state index contributed by atoms with van der Waals surface area (Å²) in [5, 5.41) is 6.28. The van der Waals surface area contributed by atoms with Crippen LogP contribution in [0.5, 0.6) is 0 Å². The molecule has 0 aromatic heterocycles. The Morgan fingerprint density at radius 2 is 2.04 bits per heavy atom. The van der Waals surface area contributed by atoms with E-state index < -0.39 is 11.7 Å². The van der Waals surface area contributed by atoms with Gasteiger partial charge in [0.15, 0.2) is 0 Å². The molecular formula is C18H28N2O3. The monoisotopic (exact) mass is 320 g/mol. The summed E-state index contributed by atoms with van der Waals surface area (Å²) in [6.07, 6.45) is 0.700. The van der Waals surface area contributed by atoms with Crippen LogP contribution in [0, 0.1) is 5.92 Å². The van der Waals surface area contributed by atoms with Crippen LogP contribution in [0.1, 0.15) is 39.7 Å². The van der Waals surface area contributed by atoms with Crippen LogP contribution in [0.25, 0.3) is 0 Å². The minimum absolute atomic E-state index is 0.432. The lowest BCUT2D eigenvalue weighted by Gasteiger charge is -2.20. The molecule has 1 heterocycles. The van der Waals surface area contributed by atoms with Crippen LogP contribution >= 0.6 is 0 Å². The lowest BCUT2D eigenvalue weighted by Crippen LogP contribution is -2.33. The zero-order valence-electron chi connectivity index (χ0n) is 14.5. The Labute approximate surface area is 138 Å². The summed E-state index contributed by atoms with van der Waals surface area (Å²) in [5.74, 6) is 0.600. The second-order valence-corrected chi connectivity index (χ2v) is 7.12. The number of rotatable bonds is 5. The molecule has 2 N–H and O–H groups in total. The molecule has 0 radical (unpaired) electrons. The second-order valence-electron chi connectivity index (χ2n) is 7.12. The van der Waals surface area contributed by atoms with Crippen LogP contribution in [0.2, 0.25) is 0 Å². The Morgan fingerprint density at radius 3 is 2.61 bits per heavy atom. The molecule has 2 unspecified atom stereocenters. The van der Waals surface area contributed by atoms with E-state index in [4.69, 9.17) is 9.47 Å². The van der Waals surface area contributed by atoms with Crippen molar-refractivity contribution in [2.75, 3.05) is 18.5 Å². The van der Waals surface area contributed by atoms with Gasteiger partial charge in [0, 0.05) is 24.9 Å². The van der Waals surface area contributed by atoms with Gasteiger partial charge in [0.05, 0.1) is 6.61 Å². The lowest BCUT2D eigenvalue weighted by molar-refractivity contribution is 0.0636. The highest BCUT2D eigenvalue weighted by atomic mass is 16.6. The van der Waals surface area contributed by atoms with E-state index in [1.54, 1.807) is 0 Å². The maximum absolute atomic E-state index is 11.7. The van der Waals surface area contributed by atoms with Gasteiger partial charge >= 0.3 is 6.09 Å². The van der Waals surface area contributed by atoms with E-state index in [2.05, 4.69) is 17.6 Å². The molecule has 0 spiro atoms. The number of carbonyl (C=O) groups is 1. The highest BCUT2D eigenvalue weighted by Crippen LogP contribution is 2.17. The van der Waals surface area contributed by atoms with Gasteiger partial charge in [-0.2, -0.15) is 0 Å². The molecule has 0 bridgehead atoms. The molecular weight excluding hydrogens is 292 g/mol. The summed E-state index contributed by atoms with van der Waals surface area (Å²) in [4.78, 5) is 11.7. The van der Waals surface area contributed by atoms with Gasteiger partial charge in [0.1, 0.15) is 5.60 Å². The molecule has 0 saturated carbocycles. The van der Waals surface area contributed by atoms with E-state index in [1.165, 1.54) is 5.56 Å². The van der Waals surface area contributed by atoms with Gasteiger partial charge in [-0.1, -0.05) is 12.1 Å². The van der Waals surface area contributed by atoms with Crippen molar-refractivity contribution in [3.63, 3.8) is 0 Å². The molecule has 1 saturated heterocycles. The predicted octanol–water partition coefficient (Wildman–Crippen LogP) is 3.55. The van der Waals surface area contributed by atoms with Crippen molar-refractivity contribution in [3.05, 3.63) is 29.8 Å². The molecule has 1 fully saturated rings. The third-order valence-electron chi connectivity index (χ3n) is 3.90. The van der Waals surface area contributed by atoms with E-state index in [0.29, 0.717) is 12.0 Å². The van der Waals surface area contributed by atoms with Crippen molar-refractivity contribution in [1.29, 1.82) is 0 Å². The summed E-state index contributed by atoms with van der Waals surface area (Å²) in [6, 6.07) is 8.25. The molecule has 1 aromatic rings. The zero-order chi connectivity index (χ0) is 16.9. The minimum Gasteiger partial charge on any atom is -0.444 e. The number of nitrogens with one attached hydrogen (secondary N) is 2. The summed E-state index contributed by atoms with van der Waals surface area (Å²) < 4.78 is 10.7. The molecule has 23 heavy (non-hydrogen) atoms. The summed E-state index contributed by atoms with van der Waals surface area (Å²) >= 11 is 0. The molecule has 1 amide bonds. The van der Waals surface area contributed by atoms with Crippen molar-refractivity contribution in [1.82, 2.24) is 5.32 Å².